The minimum atomic E-state index is -1.03. The number of nitriles is 4. The molecule has 7 rings (SSSR count). The second kappa shape index (κ2) is 11.1. The van der Waals surface area contributed by atoms with Gasteiger partial charge in [0.05, 0.1) is 0 Å². The molecule has 0 amide bonds. The van der Waals surface area contributed by atoms with Crippen LogP contribution in [-0.4, -0.2) is 0 Å². The molecule has 3 aliphatic carbocycles. The zero-order valence-corrected chi connectivity index (χ0v) is 25.6. The highest BCUT2D eigenvalue weighted by Crippen LogP contribution is 2.77. The van der Waals surface area contributed by atoms with E-state index in [0.717, 1.165) is 39.0 Å². The van der Waals surface area contributed by atoms with Gasteiger partial charge in [0.15, 0.2) is 0 Å². The fourth-order valence-corrected chi connectivity index (χ4v) is 8.42. The summed E-state index contributed by atoms with van der Waals surface area (Å²) in [6, 6.07) is 38.8. The van der Waals surface area contributed by atoms with Gasteiger partial charge in [-0.15, -0.1) is 0 Å². The van der Waals surface area contributed by atoms with E-state index >= 15 is 0 Å². The molecule has 0 aliphatic heterocycles. The number of allylic oxidation sites excluding steroid dienone is 8. The molecule has 1 fully saturated rings. The van der Waals surface area contributed by atoms with Gasteiger partial charge in [0, 0.05) is 45.9 Å². The maximum absolute atomic E-state index is 10.5. The second-order valence-electron chi connectivity index (χ2n) is 12.3. The third-order valence-electron chi connectivity index (χ3n) is 9.88. The summed E-state index contributed by atoms with van der Waals surface area (Å²) in [5, 5.41) is 41.8. The number of nitrogens with two attached hydrogens (primary N) is 4. The molecule has 4 aromatic rings. The zero-order chi connectivity index (χ0) is 33.7. The lowest BCUT2D eigenvalue weighted by Crippen LogP contribution is -2.40. The number of rotatable bonds is 4. The first-order chi connectivity index (χ1) is 23.3. The molecule has 0 radical (unpaired) electrons. The van der Waals surface area contributed by atoms with Gasteiger partial charge in [-0.2, -0.15) is 21.0 Å². The van der Waals surface area contributed by atoms with Crippen LogP contribution in [0.4, 0.5) is 22.7 Å². The van der Waals surface area contributed by atoms with Gasteiger partial charge in [-0.1, -0.05) is 54.6 Å². The summed E-state index contributed by atoms with van der Waals surface area (Å²) >= 11 is 0. The van der Waals surface area contributed by atoms with Crippen molar-refractivity contribution < 1.29 is 0 Å². The molecule has 4 unspecified atom stereocenters. The van der Waals surface area contributed by atoms with Gasteiger partial charge in [-0.25, -0.2) is 0 Å². The molecule has 2 bridgehead atoms. The molecule has 4 aromatic carbocycles. The molecular formula is C40H28N8. The van der Waals surface area contributed by atoms with Crippen molar-refractivity contribution in [2.75, 3.05) is 22.9 Å². The van der Waals surface area contributed by atoms with E-state index in [1.807, 2.05) is 78.9 Å². The molecule has 48 heavy (non-hydrogen) atoms. The van der Waals surface area contributed by atoms with E-state index in [1.165, 1.54) is 0 Å². The molecule has 8 heteroatoms. The quantitative estimate of drug-likeness (QED) is 0.146. The maximum atomic E-state index is 10.5. The minimum Gasteiger partial charge on any atom is -0.399 e. The largest absolute Gasteiger partial charge is 0.399 e. The smallest absolute Gasteiger partial charge is 0.133 e. The lowest BCUT2D eigenvalue weighted by molar-refractivity contribution is 0.399. The Bertz CT molecular complexity index is 2330. The first kappa shape index (κ1) is 29.7. The van der Waals surface area contributed by atoms with Crippen molar-refractivity contribution >= 4 is 39.5 Å². The van der Waals surface area contributed by atoms with E-state index in [-0.39, 0.29) is 11.1 Å². The Kier molecular flexibility index (Phi) is 6.87. The summed E-state index contributed by atoms with van der Waals surface area (Å²) in [7, 11) is 0. The van der Waals surface area contributed by atoms with Crippen molar-refractivity contribution in [1.82, 2.24) is 0 Å². The molecular weight excluding hydrogens is 592 g/mol. The Balaban J connectivity index is 1.75. The third kappa shape index (κ3) is 4.11. The molecule has 4 atom stereocenters. The van der Waals surface area contributed by atoms with Crippen LogP contribution in [0, 0.1) is 63.1 Å². The van der Waals surface area contributed by atoms with Crippen LogP contribution in [0.25, 0.3) is 16.7 Å². The first-order valence-electron chi connectivity index (χ1n) is 15.3. The van der Waals surface area contributed by atoms with Gasteiger partial charge in [0.25, 0.3) is 0 Å². The summed E-state index contributed by atoms with van der Waals surface area (Å²) in [5.41, 5.74) is 33.6. The molecule has 0 spiro atoms. The highest BCUT2D eigenvalue weighted by molar-refractivity contribution is 6.07. The number of hydrogen-bond acceptors (Lipinski definition) is 8. The Morgan fingerprint density at radius 2 is 1.04 bits per heavy atom. The van der Waals surface area contributed by atoms with Crippen molar-refractivity contribution in [3.05, 3.63) is 148 Å². The third-order valence-corrected chi connectivity index (χ3v) is 9.88. The van der Waals surface area contributed by atoms with E-state index in [9.17, 15) is 21.0 Å². The predicted molar refractivity (Wildman–Crippen MR) is 187 cm³/mol. The highest BCUT2D eigenvalue weighted by atomic mass is 14.7. The van der Waals surface area contributed by atoms with Crippen LogP contribution in [-0.2, 0) is 5.41 Å². The molecule has 8 nitrogen and oxygen atoms in total. The minimum absolute atomic E-state index is 0.0234. The Hall–Kier alpha value is -7.00. The Morgan fingerprint density at radius 3 is 1.56 bits per heavy atom. The van der Waals surface area contributed by atoms with Crippen molar-refractivity contribution in [2.45, 2.75) is 5.41 Å². The normalized spacial score (nSPS) is 21.8. The van der Waals surface area contributed by atoms with Crippen LogP contribution in [0.5, 0.6) is 0 Å². The van der Waals surface area contributed by atoms with E-state index in [1.54, 1.807) is 24.3 Å². The van der Waals surface area contributed by atoms with Crippen LogP contribution in [0.2, 0.25) is 0 Å². The topological polar surface area (TPSA) is 199 Å². The molecule has 0 heterocycles. The summed E-state index contributed by atoms with van der Waals surface area (Å²) in [6.45, 7) is 0. The highest BCUT2D eigenvalue weighted by Gasteiger charge is 2.70. The van der Waals surface area contributed by atoms with Crippen LogP contribution < -0.4 is 22.9 Å². The number of fused-ring (bicyclic) bond motifs is 5. The standard InChI is InChI=1S/C40H28N8/c41-18-25(19-42)32-17-33(22-5-1-9-28(45)13-22)40(27-8-4-12-31(48)16-27)38(32)37-34(23-6-2-10-29(46)14-23)35(24-7-3-11-30(47)15-24)39(40)36(37)26(20-43)21-44/h1-17,37-39H,45-48H2. The van der Waals surface area contributed by atoms with Crippen LogP contribution in [0.1, 0.15) is 22.3 Å². The van der Waals surface area contributed by atoms with Crippen molar-refractivity contribution in [1.29, 1.82) is 21.0 Å². The maximum Gasteiger partial charge on any atom is 0.133 e. The average molecular weight is 621 g/mol. The Morgan fingerprint density at radius 1 is 0.562 bits per heavy atom. The van der Waals surface area contributed by atoms with E-state index in [2.05, 4.69) is 24.3 Å². The fraction of sp³-hybridized carbons (Fsp3) is 0.100. The first-order valence-corrected chi connectivity index (χ1v) is 15.3. The fourth-order valence-electron chi connectivity index (χ4n) is 8.42. The lowest BCUT2D eigenvalue weighted by atomic mass is 9.56. The van der Waals surface area contributed by atoms with Crippen LogP contribution >= 0.6 is 0 Å². The SMILES string of the molecule is N#CC(C#N)=C1C2C(c3cccc(N)c3)=C(c3cccc(N)c3)C1C1(c3cccc(N)c3)C(c3cccc(N)c3)=CC(=C(C#N)C#N)C21. The summed E-state index contributed by atoms with van der Waals surface area (Å²) in [5.74, 6) is -1.81. The zero-order valence-electron chi connectivity index (χ0n) is 25.6. The second-order valence-corrected chi connectivity index (χ2v) is 12.3. The van der Waals surface area contributed by atoms with E-state index < -0.39 is 23.2 Å². The summed E-state index contributed by atoms with van der Waals surface area (Å²) in [4.78, 5) is 0. The van der Waals surface area contributed by atoms with Crippen molar-refractivity contribution in [2.24, 2.45) is 17.8 Å². The monoisotopic (exact) mass is 620 g/mol. The van der Waals surface area contributed by atoms with Gasteiger partial charge >= 0.3 is 0 Å². The number of anilines is 4. The molecule has 3 aliphatic rings. The Labute approximate surface area is 278 Å². The van der Waals surface area contributed by atoms with Crippen LogP contribution in [0.15, 0.2) is 125 Å². The van der Waals surface area contributed by atoms with E-state index in [4.69, 9.17) is 22.9 Å². The molecule has 0 saturated heterocycles. The van der Waals surface area contributed by atoms with Crippen LogP contribution in [0.3, 0.4) is 0 Å². The van der Waals surface area contributed by atoms with Crippen molar-refractivity contribution in [3.8, 4) is 24.3 Å². The van der Waals surface area contributed by atoms with Gasteiger partial charge in [-0.3, -0.25) is 0 Å². The summed E-state index contributed by atoms with van der Waals surface area (Å²) < 4.78 is 0. The van der Waals surface area contributed by atoms with E-state index in [0.29, 0.717) is 33.9 Å². The predicted octanol–water partition coefficient (Wildman–Crippen LogP) is 6.52. The van der Waals surface area contributed by atoms with Crippen molar-refractivity contribution in [3.63, 3.8) is 0 Å². The van der Waals surface area contributed by atoms with Gasteiger partial charge in [-0.05, 0) is 98.7 Å². The number of nitrogen functional groups attached to an aromatic ring is 4. The number of hydrogen-bond donors (Lipinski definition) is 4. The molecule has 228 valence electrons. The molecule has 1 saturated carbocycles. The average Bonchev–Trinajstić information content (AvgIpc) is 3.71. The summed E-state index contributed by atoms with van der Waals surface area (Å²) in [6.07, 6.45) is 1.93. The number of nitrogens with zero attached hydrogens (tertiary/aromatic N) is 4. The molecule has 8 N–H and O–H groups in total. The number of benzene rings is 4. The lowest BCUT2D eigenvalue weighted by Gasteiger charge is -2.45. The van der Waals surface area contributed by atoms with Gasteiger partial charge < -0.3 is 22.9 Å². The molecule has 0 aromatic heterocycles. The van der Waals surface area contributed by atoms with Gasteiger partial charge in [0.2, 0.25) is 0 Å². The van der Waals surface area contributed by atoms with Gasteiger partial charge in [0.1, 0.15) is 35.4 Å².